The summed E-state index contributed by atoms with van der Waals surface area (Å²) in [6.07, 6.45) is -1.41. The van der Waals surface area contributed by atoms with Crippen LogP contribution in [0, 0.1) is 5.82 Å². The number of carbonyl (C=O) groups excluding carboxylic acids is 1. The third-order valence-electron chi connectivity index (χ3n) is 7.20. The molecule has 3 N–H and O–H groups in total. The molecular formula is C33H30ClF4N5O3. The number of nitrogens with one attached hydrogen (secondary N) is 2. The number of aromatic hydroxyl groups is 1. The summed E-state index contributed by atoms with van der Waals surface area (Å²) in [6, 6.07) is 15.3. The number of hydrogen-bond acceptors (Lipinski definition) is 5. The lowest BCUT2D eigenvalue weighted by molar-refractivity contribution is -0.274. The van der Waals surface area contributed by atoms with Gasteiger partial charge in [0.1, 0.15) is 23.0 Å². The Morgan fingerprint density at radius 1 is 1.04 bits per heavy atom. The van der Waals surface area contributed by atoms with Crippen LogP contribution in [-0.2, 0) is 5.41 Å². The minimum absolute atomic E-state index is 0.230. The Bertz CT molecular complexity index is 1910. The summed E-state index contributed by atoms with van der Waals surface area (Å²) in [5, 5.41) is 16.9. The van der Waals surface area contributed by atoms with E-state index in [-0.39, 0.29) is 17.0 Å². The summed E-state index contributed by atoms with van der Waals surface area (Å²) in [4.78, 5) is 19.3. The summed E-state index contributed by atoms with van der Waals surface area (Å²) in [7, 11) is 0. The van der Waals surface area contributed by atoms with Gasteiger partial charge in [-0.25, -0.2) is 14.2 Å². The lowest BCUT2D eigenvalue weighted by Gasteiger charge is -2.25. The van der Waals surface area contributed by atoms with E-state index in [4.69, 9.17) is 11.6 Å². The number of nitrogens with zero attached hydrogens (tertiary/aromatic N) is 3. The van der Waals surface area contributed by atoms with Gasteiger partial charge in [-0.1, -0.05) is 51.4 Å². The van der Waals surface area contributed by atoms with E-state index in [1.54, 1.807) is 58.1 Å². The second-order valence-corrected chi connectivity index (χ2v) is 11.3. The predicted octanol–water partition coefficient (Wildman–Crippen LogP) is 9.50. The predicted molar refractivity (Wildman–Crippen MR) is 171 cm³/mol. The zero-order valence-corrected chi connectivity index (χ0v) is 26.0. The average Bonchev–Trinajstić information content (AvgIpc) is 3.52. The summed E-state index contributed by atoms with van der Waals surface area (Å²) in [5.41, 5.74) is 2.52. The molecule has 240 valence electrons. The molecule has 0 aliphatic carbocycles. The standard InChI is InChI=1S/C31H24ClF4N5O3.C2H6/c1-30(2)16-41(28-24(42)14-20(33)26(27(28)30)22-15-40-12-11-17(32)13-25(40)38-22)23-6-4-3-5-21(23)39-29(43)37-18-7-9-19(10-8-18)44-31(34,35)36;1-2/h3-15,42H,16H2,1-2H3,(H2,37,39,43);1-2H3. The van der Waals surface area contributed by atoms with Crippen LogP contribution in [0.3, 0.4) is 0 Å². The molecule has 1 aliphatic rings. The number of urea groups is 1. The third kappa shape index (κ3) is 6.52. The van der Waals surface area contributed by atoms with Crippen molar-refractivity contribution >= 4 is 46.0 Å². The zero-order chi connectivity index (χ0) is 33.4. The first-order chi connectivity index (χ1) is 21.8. The SMILES string of the molecule is CC.CC1(C)CN(c2ccccc2NC(=O)Nc2ccc(OC(F)(F)F)cc2)c2c(O)cc(F)c(-c3cn4ccc(Cl)cc4n3)c21. The Hall–Kier alpha value is -4.97. The number of carbonyl (C=O) groups is 1. The van der Waals surface area contributed by atoms with Crippen molar-refractivity contribution in [1.82, 2.24) is 9.38 Å². The van der Waals surface area contributed by atoms with Crippen LogP contribution in [0.2, 0.25) is 5.02 Å². The molecule has 0 bridgehead atoms. The summed E-state index contributed by atoms with van der Waals surface area (Å²) in [6.45, 7) is 8.18. The molecule has 3 heterocycles. The topological polar surface area (TPSA) is 91.1 Å². The van der Waals surface area contributed by atoms with Crippen molar-refractivity contribution < 1.29 is 32.2 Å². The molecule has 0 saturated heterocycles. The van der Waals surface area contributed by atoms with E-state index in [1.807, 2.05) is 27.7 Å². The highest BCUT2D eigenvalue weighted by atomic mass is 35.5. The highest BCUT2D eigenvalue weighted by molar-refractivity contribution is 6.30. The van der Waals surface area contributed by atoms with Crippen LogP contribution in [-0.4, -0.2) is 33.4 Å². The number of fused-ring (bicyclic) bond motifs is 2. The van der Waals surface area contributed by atoms with Gasteiger partial charge >= 0.3 is 12.4 Å². The van der Waals surface area contributed by atoms with E-state index in [0.717, 1.165) is 18.2 Å². The van der Waals surface area contributed by atoms with Gasteiger partial charge in [0.05, 0.1) is 22.8 Å². The number of phenolic OH excluding ortho intramolecular Hbond substituents is 1. The van der Waals surface area contributed by atoms with Crippen molar-refractivity contribution in [3.8, 4) is 22.8 Å². The van der Waals surface area contributed by atoms with Crippen LogP contribution in [0.5, 0.6) is 11.5 Å². The molecule has 1 aliphatic heterocycles. The largest absolute Gasteiger partial charge is 0.573 e. The minimum Gasteiger partial charge on any atom is -0.506 e. The van der Waals surface area contributed by atoms with Crippen molar-refractivity contribution in [1.29, 1.82) is 0 Å². The fraction of sp³-hybridized carbons (Fsp3) is 0.212. The Morgan fingerprint density at radius 2 is 1.74 bits per heavy atom. The first-order valence-corrected chi connectivity index (χ1v) is 14.7. The molecule has 0 atom stereocenters. The highest BCUT2D eigenvalue weighted by Gasteiger charge is 2.42. The number of hydrogen-bond donors (Lipinski definition) is 3. The summed E-state index contributed by atoms with van der Waals surface area (Å²) in [5.74, 6) is -1.34. The Morgan fingerprint density at radius 3 is 2.43 bits per heavy atom. The van der Waals surface area contributed by atoms with Gasteiger partial charge in [-0.3, -0.25) is 0 Å². The number of anilines is 4. The maximum Gasteiger partial charge on any atom is 0.573 e. The fourth-order valence-corrected chi connectivity index (χ4v) is 5.64. The normalized spacial score (nSPS) is 13.5. The average molecular weight is 656 g/mol. The maximum atomic E-state index is 15.7. The molecule has 0 radical (unpaired) electrons. The number of benzene rings is 3. The molecule has 8 nitrogen and oxygen atoms in total. The maximum absolute atomic E-state index is 15.7. The Balaban J connectivity index is 0.00000204. The van der Waals surface area contributed by atoms with Gasteiger partial charge in [0.25, 0.3) is 0 Å². The Kier molecular flexibility index (Phi) is 8.76. The molecule has 0 saturated carbocycles. The first kappa shape index (κ1) is 32.4. The van der Waals surface area contributed by atoms with E-state index >= 15 is 4.39 Å². The molecule has 46 heavy (non-hydrogen) atoms. The van der Waals surface area contributed by atoms with Crippen LogP contribution in [0.4, 0.5) is 45.1 Å². The van der Waals surface area contributed by atoms with Crippen LogP contribution in [0.25, 0.3) is 16.9 Å². The zero-order valence-electron chi connectivity index (χ0n) is 25.2. The molecule has 0 unspecified atom stereocenters. The van der Waals surface area contributed by atoms with Gasteiger partial charge in [-0.05, 0) is 48.0 Å². The van der Waals surface area contributed by atoms with E-state index < -0.39 is 29.4 Å². The van der Waals surface area contributed by atoms with Crippen molar-refractivity contribution in [3.63, 3.8) is 0 Å². The molecule has 6 rings (SSSR count). The van der Waals surface area contributed by atoms with Crippen LogP contribution < -0.4 is 20.3 Å². The number of halogens is 5. The lowest BCUT2D eigenvalue weighted by Crippen LogP contribution is -2.27. The third-order valence-corrected chi connectivity index (χ3v) is 7.43. The van der Waals surface area contributed by atoms with E-state index in [2.05, 4.69) is 20.4 Å². The van der Waals surface area contributed by atoms with Gasteiger partial charge in [-0.15, -0.1) is 13.2 Å². The number of aromatic nitrogens is 2. The van der Waals surface area contributed by atoms with Crippen LogP contribution in [0.1, 0.15) is 33.3 Å². The summed E-state index contributed by atoms with van der Waals surface area (Å²) < 4.78 is 58.6. The summed E-state index contributed by atoms with van der Waals surface area (Å²) >= 11 is 6.13. The van der Waals surface area contributed by atoms with Gasteiger partial charge < -0.3 is 29.8 Å². The number of amides is 2. The molecule has 5 aromatic rings. The molecule has 3 aromatic carbocycles. The number of para-hydroxylation sites is 2. The van der Waals surface area contributed by atoms with Crippen molar-refractivity contribution in [3.05, 3.63) is 95.5 Å². The minimum atomic E-state index is -4.83. The number of alkyl halides is 3. The number of ether oxygens (including phenoxy) is 1. The number of phenols is 1. The van der Waals surface area contributed by atoms with Gasteiger partial charge in [0.2, 0.25) is 0 Å². The van der Waals surface area contributed by atoms with Gasteiger partial charge in [0.15, 0.2) is 0 Å². The monoisotopic (exact) mass is 655 g/mol. The van der Waals surface area contributed by atoms with Crippen LogP contribution in [0.15, 0.2) is 79.1 Å². The highest BCUT2D eigenvalue weighted by Crippen LogP contribution is 2.54. The molecule has 2 amide bonds. The molecule has 13 heteroatoms. The lowest BCUT2D eigenvalue weighted by atomic mass is 9.82. The quantitative estimate of drug-likeness (QED) is 0.164. The fourth-order valence-electron chi connectivity index (χ4n) is 5.48. The smallest absolute Gasteiger partial charge is 0.506 e. The first-order valence-electron chi connectivity index (χ1n) is 14.3. The Labute approximate surface area is 267 Å². The van der Waals surface area contributed by atoms with Gasteiger partial charge in [-0.2, -0.15) is 0 Å². The second kappa shape index (κ2) is 12.4. The van der Waals surface area contributed by atoms with Crippen molar-refractivity contribution in [2.24, 2.45) is 0 Å². The molecule has 0 spiro atoms. The van der Waals surface area contributed by atoms with E-state index in [1.165, 1.54) is 12.1 Å². The number of imidazole rings is 1. The van der Waals surface area contributed by atoms with Crippen molar-refractivity contribution in [2.75, 3.05) is 22.1 Å². The van der Waals surface area contributed by atoms with Crippen LogP contribution >= 0.6 is 11.6 Å². The number of rotatable bonds is 5. The second-order valence-electron chi connectivity index (χ2n) is 10.9. The molecule has 2 aromatic heterocycles. The van der Waals surface area contributed by atoms with Crippen molar-refractivity contribution in [2.45, 2.75) is 39.5 Å². The van der Waals surface area contributed by atoms with E-state index in [9.17, 15) is 23.1 Å². The van der Waals surface area contributed by atoms with E-state index in [0.29, 0.717) is 45.5 Å². The molecule has 0 fully saturated rings. The van der Waals surface area contributed by atoms with Gasteiger partial charge in [0, 0.05) is 52.8 Å². The number of pyridine rings is 1. The molecular weight excluding hydrogens is 626 g/mol.